The van der Waals surface area contributed by atoms with E-state index in [0.29, 0.717) is 5.41 Å². The predicted octanol–water partition coefficient (Wildman–Crippen LogP) is 1.88. The van der Waals surface area contributed by atoms with Gasteiger partial charge in [-0.1, -0.05) is 20.8 Å². The fourth-order valence-electron chi connectivity index (χ4n) is 2.17. The molecule has 0 radical (unpaired) electrons. The van der Waals surface area contributed by atoms with Gasteiger partial charge in [-0.2, -0.15) is 11.8 Å². The van der Waals surface area contributed by atoms with Crippen molar-refractivity contribution in [3.05, 3.63) is 0 Å². The quantitative estimate of drug-likeness (QED) is 0.597. The predicted molar refractivity (Wildman–Crippen MR) is 51.0 cm³/mol. The van der Waals surface area contributed by atoms with E-state index in [1.807, 2.05) is 0 Å². The second-order valence-electron chi connectivity index (χ2n) is 4.81. The van der Waals surface area contributed by atoms with E-state index in [1.165, 1.54) is 12.2 Å². The number of hydrogen-bond acceptors (Lipinski definition) is 2. The molecule has 0 spiro atoms. The molecule has 0 aromatic carbocycles. The fraction of sp³-hybridized carbons (Fsp3) is 1.00. The summed E-state index contributed by atoms with van der Waals surface area (Å²) < 4.78 is 0. The molecule has 2 heterocycles. The van der Waals surface area contributed by atoms with Gasteiger partial charge in [0, 0.05) is 23.1 Å². The Bertz CT molecular complexity index is 161. The van der Waals surface area contributed by atoms with Crippen LogP contribution in [0.2, 0.25) is 0 Å². The van der Waals surface area contributed by atoms with Crippen molar-refractivity contribution in [2.75, 3.05) is 5.75 Å². The number of fused-ring (bicyclic) bond motifs is 2. The van der Waals surface area contributed by atoms with Crippen molar-refractivity contribution in [1.82, 2.24) is 5.32 Å². The molecule has 11 heavy (non-hydrogen) atoms. The third-order valence-electron chi connectivity index (χ3n) is 2.75. The van der Waals surface area contributed by atoms with Gasteiger partial charge in [0.1, 0.15) is 0 Å². The molecule has 2 bridgehead atoms. The van der Waals surface area contributed by atoms with Crippen LogP contribution in [0.3, 0.4) is 0 Å². The summed E-state index contributed by atoms with van der Waals surface area (Å²) in [5.41, 5.74) is 0.451. The Balaban J connectivity index is 2.08. The van der Waals surface area contributed by atoms with Crippen molar-refractivity contribution in [2.45, 2.75) is 44.5 Å². The highest BCUT2D eigenvalue weighted by molar-refractivity contribution is 8.00. The first-order chi connectivity index (χ1) is 5.07. The van der Waals surface area contributed by atoms with Crippen molar-refractivity contribution >= 4 is 11.8 Å². The standard InChI is InChI=1S/C9H17NS/c1-9(2,3)8-7-4-6(10-8)5-11-7/h6-8,10H,4-5H2,1-3H3. The van der Waals surface area contributed by atoms with E-state index in [0.717, 1.165) is 17.3 Å². The van der Waals surface area contributed by atoms with Gasteiger partial charge in [-0.3, -0.25) is 0 Å². The van der Waals surface area contributed by atoms with Crippen LogP contribution in [0.4, 0.5) is 0 Å². The third-order valence-corrected chi connectivity index (χ3v) is 4.24. The molecule has 0 amide bonds. The lowest BCUT2D eigenvalue weighted by Crippen LogP contribution is -2.46. The van der Waals surface area contributed by atoms with Crippen molar-refractivity contribution in [3.8, 4) is 0 Å². The molecule has 0 aromatic heterocycles. The Morgan fingerprint density at radius 3 is 2.36 bits per heavy atom. The average molecular weight is 171 g/mol. The van der Waals surface area contributed by atoms with Crippen LogP contribution in [0, 0.1) is 5.41 Å². The Labute approximate surface area is 73.3 Å². The summed E-state index contributed by atoms with van der Waals surface area (Å²) in [5, 5.41) is 4.61. The van der Waals surface area contributed by atoms with Crippen LogP contribution in [0.25, 0.3) is 0 Å². The molecule has 0 aromatic rings. The van der Waals surface area contributed by atoms with Crippen LogP contribution < -0.4 is 5.32 Å². The highest BCUT2D eigenvalue weighted by Crippen LogP contribution is 2.41. The van der Waals surface area contributed by atoms with E-state index in [1.54, 1.807) is 0 Å². The minimum Gasteiger partial charge on any atom is -0.309 e. The van der Waals surface area contributed by atoms with Crippen molar-refractivity contribution in [1.29, 1.82) is 0 Å². The van der Waals surface area contributed by atoms with Crippen molar-refractivity contribution in [3.63, 3.8) is 0 Å². The first-order valence-corrected chi connectivity index (χ1v) is 5.50. The number of hydrogen-bond donors (Lipinski definition) is 1. The fourth-order valence-corrected chi connectivity index (χ4v) is 3.93. The molecule has 3 unspecified atom stereocenters. The number of rotatable bonds is 0. The van der Waals surface area contributed by atoms with Gasteiger partial charge in [0.05, 0.1) is 0 Å². The van der Waals surface area contributed by atoms with Gasteiger partial charge in [0.2, 0.25) is 0 Å². The van der Waals surface area contributed by atoms with Gasteiger partial charge in [-0.15, -0.1) is 0 Å². The van der Waals surface area contributed by atoms with E-state index < -0.39 is 0 Å². The molecule has 0 saturated carbocycles. The third kappa shape index (κ3) is 1.31. The zero-order valence-electron chi connectivity index (χ0n) is 7.55. The maximum absolute atomic E-state index is 3.71. The SMILES string of the molecule is CC(C)(C)C1NC2CSC1C2. The minimum atomic E-state index is 0.451. The summed E-state index contributed by atoms with van der Waals surface area (Å²) in [6.07, 6.45) is 1.41. The van der Waals surface area contributed by atoms with Crippen LogP contribution in [0.15, 0.2) is 0 Å². The minimum absolute atomic E-state index is 0.451. The Morgan fingerprint density at radius 1 is 1.36 bits per heavy atom. The highest BCUT2D eigenvalue weighted by Gasteiger charge is 2.44. The van der Waals surface area contributed by atoms with Gasteiger partial charge >= 0.3 is 0 Å². The molecular formula is C9H17NS. The topological polar surface area (TPSA) is 12.0 Å². The molecule has 1 N–H and O–H groups in total. The molecule has 2 rings (SSSR count). The lowest BCUT2D eigenvalue weighted by atomic mass is 9.86. The molecule has 0 aliphatic carbocycles. The monoisotopic (exact) mass is 171 g/mol. The maximum Gasteiger partial charge on any atom is 0.0238 e. The lowest BCUT2D eigenvalue weighted by molar-refractivity contribution is 0.289. The second-order valence-corrected chi connectivity index (χ2v) is 6.09. The highest BCUT2D eigenvalue weighted by atomic mass is 32.2. The summed E-state index contributed by atoms with van der Waals surface area (Å²) >= 11 is 2.16. The van der Waals surface area contributed by atoms with E-state index in [9.17, 15) is 0 Å². The number of thioether (sulfide) groups is 1. The summed E-state index contributed by atoms with van der Waals surface area (Å²) in [6, 6.07) is 1.58. The molecule has 2 heteroatoms. The molecule has 3 atom stereocenters. The molecule has 2 aliphatic rings. The summed E-state index contributed by atoms with van der Waals surface area (Å²) in [7, 11) is 0. The summed E-state index contributed by atoms with van der Waals surface area (Å²) in [4.78, 5) is 0. The zero-order valence-corrected chi connectivity index (χ0v) is 8.37. The first-order valence-electron chi connectivity index (χ1n) is 4.45. The summed E-state index contributed by atoms with van der Waals surface area (Å²) in [6.45, 7) is 7.02. The van der Waals surface area contributed by atoms with Gasteiger partial charge in [-0.25, -0.2) is 0 Å². The summed E-state index contributed by atoms with van der Waals surface area (Å²) in [5.74, 6) is 1.34. The molecule has 2 fully saturated rings. The van der Waals surface area contributed by atoms with E-state index in [2.05, 4.69) is 37.8 Å². The van der Waals surface area contributed by atoms with Crippen molar-refractivity contribution < 1.29 is 0 Å². The van der Waals surface area contributed by atoms with Crippen LogP contribution in [0.1, 0.15) is 27.2 Å². The maximum atomic E-state index is 3.71. The van der Waals surface area contributed by atoms with Crippen LogP contribution in [0.5, 0.6) is 0 Å². The van der Waals surface area contributed by atoms with Crippen LogP contribution >= 0.6 is 11.8 Å². The average Bonchev–Trinajstić information content (AvgIpc) is 2.42. The van der Waals surface area contributed by atoms with E-state index in [-0.39, 0.29) is 0 Å². The number of nitrogens with one attached hydrogen (secondary N) is 1. The Hall–Kier alpha value is 0.310. The van der Waals surface area contributed by atoms with Gasteiger partial charge in [-0.05, 0) is 11.8 Å². The lowest BCUT2D eigenvalue weighted by Gasteiger charge is -2.34. The Morgan fingerprint density at radius 2 is 2.09 bits per heavy atom. The largest absolute Gasteiger partial charge is 0.309 e. The first kappa shape index (κ1) is 7.93. The zero-order chi connectivity index (χ0) is 8.06. The van der Waals surface area contributed by atoms with E-state index in [4.69, 9.17) is 0 Å². The van der Waals surface area contributed by atoms with Gasteiger partial charge in [0.25, 0.3) is 0 Å². The normalized spacial score (nSPS) is 43.4. The molecule has 2 aliphatic heterocycles. The molecular weight excluding hydrogens is 154 g/mol. The molecule has 2 saturated heterocycles. The van der Waals surface area contributed by atoms with Crippen LogP contribution in [-0.2, 0) is 0 Å². The second kappa shape index (κ2) is 2.40. The van der Waals surface area contributed by atoms with Gasteiger partial charge in [0.15, 0.2) is 0 Å². The van der Waals surface area contributed by atoms with Crippen molar-refractivity contribution in [2.24, 2.45) is 5.41 Å². The molecule has 1 nitrogen and oxygen atoms in total. The van der Waals surface area contributed by atoms with E-state index >= 15 is 0 Å². The Kier molecular flexibility index (Phi) is 1.73. The van der Waals surface area contributed by atoms with Gasteiger partial charge < -0.3 is 5.32 Å². The molecule has 64 valence electrons. The van der Waals surface area contributed by atoms with Crippen LogP contribution in [-0.4, -0.2) is 23.1 Å². The smallest absolute Gasteiger partial charge is 0.0238 e.